The minimum atomic E-state index is -0.154. The van der Waals surface area contributed by atoms with E-state index in [0.29, 0.717) is 24.5 Å². The molecule has 2 heterocycles. The van der Waals surface area contributed by atoms with Crippen LogP contribution in [0.4, 0.5) is 5.69 Å². The molecule has 102 valence electrons. The topological polar surface area (TPSA) is 86.1 Å². The van der Waals surface area contributed by atoms with Crippen LogP contribution in [0.15, 0.2) is 16.8 Å². The zero-order chi connectivity index (χ0) is 14.0. The van der Waals surface area contributed by atoms with Gasteiger partial charge in [0.2, 0.25) is 0 Å². The molecule has 0 aliphatic heterocycles. The summed E-state index contributed by atoms with van der Waals surface area (Å²) in [5.41, 5.74) is 8.56. The van der Waals surface area contributed by atoms with E-state index in [9.17, 15) is 4.79 Å². The van der Waals surface area contributed by atoms with Crippen molar-refractivity contribution in [1.82, 2.24) is 15.0 Å². The maximum absolute atomic E-state index is 12.1. The van der Waals surface area contributed by atoms with Crippen molar-refractivity contribution < 1.29 is 9.32 Å². The zero-order valence-electron chi connectivity index (χ0n) is 11.4. The number of hydrogen-bond acceptors (Lipinski definition) is 4. The van der Waals surface area contributed by atoms with Crippen molar-refractivity contribution >= 4 is 11.6 Å². The second-order valence-electron chi connectivity index (χ2n) is 4.43. The number of hydrogen-bond donors (Lipinski definition) is 2. The van der Waals surface area contributed by atoms with Crippen LogP contribution in [0.5, 0.6) is 0 Å². The molecule has 0 atom stereocenters. The van der Waals surface area contributed by atoms with Gasteiger partial charge in [-0.05, 0) is 26.8 Å². The minimum absolute atomic E-state index is 0.154. The molecule has 2 aromatic heterocycles. The lowest BCUT2D eigenvalue weighted by Crippen LogP contribution is -2.25. The van der Waals surface area contributed by atoms with Gasteiger partial charge in [-0.1, -0.05) is 5.16 Å². The summed E-state index contributed by atoms with van der Waals surface area (Å²) < 4.78 is 6.87. The second kappa shape index (κ2) is 5.17. The molecule has 2 rings (SSSR count). The Hall–Kier alpha value is -2.24. The lowest BCUT2D eigenvalue weighted by molar-refractivity contribution is 0.0941. The molecule has 0 saturated heterocycles. The van der Waals surface area contributed by atoms with Crippen molar-refractivity contribution in [1.29, 1.82) is 0 Å². The van der Waals surface area contributed by atoms with Gasteiger partial charge in [-0.2, -0.15) is 0 Å². The minimum Gasteiger partial charge on any atom is -0.397 e. The summed E-state index contributed by atoms with van der Waals surface area (Å²) in [6.45, 7) is 6.74. The van der Waals surface area contributed by atoms with E-state index in [4.69, 9.17) is 10.3 Å². The van der Waals surface area contributed by atoms with E-state index >= 15 is 0 Å². The summed E-state index contributed by atoms with van der Waals surface area (Å²) in [6, 6.07) is 1.67. The summed E-state index contributed by atoms with van der Waals surface area (Å²) in [7, 11) is 0. The van der Waals surface area contributed by atoms with E-state index in [1.165, 1.54) is 0 Å². The Kier molecular flexibility index (Phi) is 3.59. The molecule has 0 unspecified atom stereocenters. The van der Waals surface area contributed by atoms with Crippen LogP contribution in [0.25, 0.3) is 0 Å². The van der Waals surface area contributed by atoms with E-state index in [-0.39, 0.29) is 5.91 Å². The number of nitrogens with zero attached hydrogens (tertiary/aromatic N) is 2. The number of nitrogen functional groups attached to an aromatic ring is 1. The Morgan fingerprint density at radius 3 is 2.84 bits per heavy atom. The van der Waals surface area contributed by atoms with Gasteiger partial charge in [0, 0.05) is 24.8 Å². The number of nitrogens with one attached hydrogen (secondary N) is 1. The van der Waals surface area contributed by atoms with Crippen molar-refractivity contribution in [2.75, 3.05) is 5.73 Å². The average molecular weight is 262 g/mol. The van der Waals surface area contributed by atoms with Crippen LogP contribution in [0, 0.1) is 13.8 Å². The van der Waals surface area contributed by atoms with Crippen LogP contribution in [-0.4, -0.2) is 15.6 Å². The van der Waals surface area contributed by atoms with Gasteiger partial charge in [0.25, 0.3) is 5.91 Å². The number of aryl methyl sites for hydroxylation is 3. The predicted molar refractivity (Wildman–Crippen MR) is 71.7 cm³/mol. The monoisotopic (exact) mass is 262 g/mol. The van der Waals surface area contributed by atoms with Gasteiger partial charge in [0.1, 0.15) is 11.5 Å². The summed E-state index contributed by atoms with van der Waals surface area (Å²) >= 11 is 0. The molecule has 0 aliphatic carbocycles. The fourth-order valence-electron chi connectivity index (χ4n) is 2.00. The molecule has 6 nitrogen and oxygen atoms in total. The maximum atomic E-state index is 12.1. The largest absolute Gasteiger partial charge is 0.397 e. The summed E-state index contributed by atoms with van der Waals surface area (Å²) in [5.74, 6) is 0.571. The second-order valence-corrected chi connectivity index (χ2v) is 4.43. The van der Waals surface area contributed by atoms with Crippen molar-refractivity contribution in [2.24, 2.45) is 0 Å². The molecule has 0 aromatic carbocycles. The van der Waals surface area contributed by atoms with E-state index in [0.717, 1.165) is 17.0 Å². The Balaban J connectivity index is 2.09. The number of anilines is 1. The summed E-state index contributed by atoms with van der Waals surface area (Å²) in [5, 5.41) is 6.71. The van der Waals surface area contributed by atoms with E-state index in [1.54, 1.807) is 12.3 Å². The molecule has 0 radical (unpaired) electrons. The molecular formula is C13H18N4O2. The van der Waals surface area contributed by atoms with Gasteiger partial charge in [0.15, 0.2) is 0 Å². The smallest absolute Gasteiger partial charge is 0.268 e. The number of nitrogens with two attached hydrogens (primary N) is 1. The number of carbonyl (C=O) groups excluding carboxylic acids is 1. The first-order valence-electron chi connectivity index (χ1n) is 6.18. The van der Waals surface area contributed by atoms with Crippen LogP contribution in [0.1, 0.15) is 34.4 Å². The Morgan fingerprint density at radius 2 is 2.26 bits per heavy atom. The molecule has 1 amide bonds. The van der Waals surface area contributed by atoms with E-state index in [2.05, 4.69) is 10.5 Å². The van der Waals surface area contributed by atoms with Crippen LogP contribution < -0.4 is 11.1 Å². The maximum Gasteiger partial charge on any atom is 0.268 e. The highest BCUT2D eigenvalue weighted by molar-refractivity contribution is 5.93. The molecule has 0 spiro atoms. The number of carbonyl (C=O) groups is 1. The van der Waals surface area contributed by atoms with Crippen LogP contribution in [-0.2, 0) is 13.1 Å². The Morgan fingerprint density at radius 1 is 1.53 bits per heavy atom. The molecule has 2 aromatic rings. The lowest BCUT2D eigenvalue weighted by atomic mass is 10.2. The highest BCUT2D eigenvalue weighted by Gasteiger charge is 2.14. The van der Waals surface area contributed by atoms with E-state index < -0.39 is 0 Å². The first-order chi connectivity index (χ1) is 9.02. The average Bonchev–Trinajstić information content (AvgIpc) is 2.91. The standard InChI is InChI=1S/C13H18N4O2/c1-4-17-7-10(14)5-12(17)13(18)15-6-11-8(2)16-19-9(11)3/h5,7H,4,6,14H2,1-3H3,(H,15,18). The first-order valence-corrected chi connectivity index (χ1v) is 6.18. The van der Waals surface area contributed by atoms with Gasteiger partial charge in [-0.25, -0.2) is 0 Å². The first kappa shape index (κ1) is 13.2. The van der Waals surface area contributed by atoms with Gasteiger partial charge < -0.3 is 20.1 Å². The van der Waals surface area contributed by atoms with Gasteiger partial charge in [-0.15, -0.1) is 0 Å². The quantitative estimate of drug-likeness (QED) is 0.876. The highest BCUT2D eigenvalue weighted by atomic mass is 16.5. The fourth-order valence-corrected chi connectivity index (χ4v) is 2.00. The van der Waals surface area contributed by atoms with Crippen LogP contribution in [0.2, 0.25) is 0 Å². The third-order valence-corrected chi connectivity index (χ3v) is 3.10. The molecule has 0 fully saturated rings. The van der Waals surface area contributed by atoms with Gasteiger partial charge >= 0.3 is 0 Å². The van der Waals surface area contributed by atoms with Crippen molar-refractivity contribution in [2.45, 2.75) is 33.9 Å². The molecule has 6 heteroatoms. The fraction of sp³-hybridized carbons (Fsp3) is 0.385. The number of amides is 1. The zero-order valence-corrected chi connectivity index (χ0v) is 11.4. The molecule has 0 bridgehead atoms. The number of rotatable bonds is 4. The van der Waals surface area contributed by atoms with Gasteiger partial charge in [0.05, 0.1) is 11.4 Å². The predicted octanol–water partition coefficient (Wildman–Crippen LogP) is 1.63. The third kappa shape index (κ3) is 2.62. The van der Waals surface area contributed by atoms with Crippen molar-refractivity contribution in [3.63, 3.8) is 0 Å². The van der Waals surface area contributed by atoms with Crippen molar-refractivity contribution in [3.05, 3.63) is 35.0 Å². The summed E-state index contributed by atoms with van der Waals surface area (Å²) in [4.78, 5) is 12.1. The number of aromatic nitrogens is 2. The normalized spacial score (nSPS) is 10.7. The van der Waals surface area contributed by atoms with Crippen LogP contribution in [0.3, 0.4) is 0 Å². The Bertz CT molecular complexity index is 578. The molecule has 0 aliphatic rings. The van der Waals surface area contributed by atoms with Gasteiger partial charge in [-0.3, -0.25) is 4.79 Å². The van der Waals surface area contributed by atoms with Crippen LogP contribution >= 0.6 is 0 Å². The van der Waals surface area contributed by atoms with Crippen molar-refractivity contribution in [3.8, 4) is 0 Å². The highest BCUT2D eigenvalue weighted by Crippen LogP contribution is 2.13. The molecule has 3 N–H and O–H groups in total. The molecule has 19 heavy (non-hydrogen) atoms. The Labute approximate surface area is 111 Å². The molecular weight excluding hydrogens is 244 g/mol. The SMILES string of the molecule is CCn1cc(N)cc1C(=O)NCc1c(C)noc1C. The molecule has 0 saturated carbocycles. The van der Waals surface area contributed by atoms with E-state index in [1.807, 2.05) is 25.3 Å². The lowest BCUT2D eigenvalue weighted by Gasteiger charge is -2.07. The third-order valence-electron chi connectivity index (χ3n) is 3.10. The summed E-state index contributed by atoms with van der Waals surface area (Å²) in [6.07, 6.45) is 1.75.